The topological polar surface area (TPSA) is 46.2 Å². The minimum atomic E-state index is -5.01. The summed E-state index contributed by atoms with van der Waals surface area (Å²) in [5.74, 6) is -5.55. The highest BCUT2D eigenvalue weighted by Crippen LogP contribution is 2.39. The Kier molecular flexibility index (Phi) is 3.92. The largest absolute Gasteiger partial charge is 0.416 e. The number of nitrogens with two attached hydrogens (primary N) is 1. The van der Waals surface area contributed by atoms with E-state index < -0.39 is 41.7 Å². The summed E-state index contributed by atoms with van der Waals surface area (Å²) >= 11 is 0. The molecule has 0 aromatic heterocycles. The van der Waals surface area contributed by atoms with Crippen molar-refractivity contribution < 1.29 is 31.4 Å². The third-order valence-electron chi connectivity index (χ3n) is 2.34. The Hall–Kier alpha value is -1.28. The van der Waals surface area contributed by atoms with Crippen molar-refractivity contribution in [1.82, 2.24) is 0 Å². The monoisotopic (exact) mass is 273 g/mol. The van der Waals surface area contributed by atoms with Crippen molar-refractivity contribution in [2.45, 2.75) is 18.1 Å². The fourth-order valence-electron chi connectivity index (χ4n) is 1.41. The number of benzene rings is 1. The first-order valence-corrected chi connectivity index (χ1v) is 4.71. The number of aliphatic hydroxyl groups excluding tert-OH is 1. The van der Waals surface area contributed by atoms with Gasteiger partial charge in [-0.05, 0) is 12.1 Å². The first-order chi connectivity index (χ1) is 8.11. The molecule has 8 heteroatoms. The van der Waals surface area contributed by atoms with Crippen LogP contribution in [0, 0.1) is 5.82 Å². The second-order valence-corrected chi connectivity index (χ2v) is 3.60. The Morgan fingerprint density at radius 2 is 1.72 bits per heavy atom. The molecule has 0 aliphatic rings. The van der Waals surface area contributed by atoms with Crippen LogP contribution < -0.4 is 5.73 Å². The zero-order valence-corrected chi connectivity index (χ0v) is 8.81. The molecule has 3 N–H and O–H groups in total. The molecule has 0 spiro atoms. The van der Waals surface area contributed by atoms with Gasteiger partial charge in [0.15, 0.2) is 0 Å². The molecule has 0 saturated heterocycles. The molecule has 2 nitrogen and oxygen atoms in total. The summed E-state index contributed by atoms with van der Waals surface area (Å²) in [6.45, 7) is -1.78. The maximum Gasteiger partial charge on any atom is 0.416 e. The third kappa shape index (κ3) is 2.75. The molecule has 0 aliphatic carbocycles. The predicted molar refractivity (Wildman–Crippen MR) is 50.4 cm³/mol. The van der Waals surface area contributed by atoms with Gasteiger partial charge in [-0.3, -0.25) is 0 Å². The minimum Gasteiger partial charge on any atom is -0.390 e. The summed E-state index contributed by atoms with van der Waals surface area (Å²) in [6.07, 6.45) is -5.01. The maximum atomic E-state index is 13.3. The van der Waals surface area contributed by atoms with Gasteiger partial charge in [0.1, 0.15) is 18.5 Å². The zero-order valence-electron chi connectivity index (χ0n) is 8.81. The SMILES string of the molecule is N[C@H](c1c(F)cccc1C(F)(F)F)C(F)(F)CO. The lowest BCUT2D eigenvalue weighted by Gasteiger charge is -2.25. The fraction of sp³-hybridized carbons (Fsp3) is 0.400. The Balaban J connectivity index is 3.40. The molecule has 18 heavy (non-hydrogen) atoms. The number of hydrogen-bond donors (Lipinski definition) is 2. The first kappa shape index (κ1) is 14.8. The van der Waals surface area contributed by atoms with Crippen molar-refractivity contribution >= 4 is 0 Å². The molecular weight excluding hydrogens is 264 g/mol. The van der Waals surface area contributed by atoms with E-state index in [2.05, 4.69) is 0 Å². The number of hydrogen-bond acceptors (Lipinski definition) is 2. The summed E-state index contributed by atoms with van der Waals surface area (Å²) in [7, 11) is 0. The van der Waals surface area contributed by atoms with Crippen molar-refractivity contribution in [1.29, 1.82) is 0 Å². The molecule has 102 valence electrons. The number of aliphatic hydroxyl groups is 1. The van der Waals surface area contributed by atoms with Gasteiger partial charge in [0, 0.05) is 5.56 Å². The molecule has 1 aromatic rings. The van der Waals surface area contributed by atoms with Gasteiger partial charge in [-0.2, -0.15) is 13.2 Å². The van der Waals surface area contributed by atoms with Crippen LogP contribution >= 0.6 is 0 Å². The van der Waals surface area contributed by atoms with Crippen molar-refractivity contribution in [3.63, 3.8) is 0 Å². The van der Waals surface area contributed by atoms with Crippen LogP contribution in [-0.4, -0.2) is 17.6 Å². The smallest absolute Gasteiger partial charge is 0.390 e. The molecule has 0 aliphatic heterocycles. The van der Waals surface area contributed by atoms with Crippen molar-refractivity contribution in [3.05, 3.63) is 35.1 Å². The molecule has 0 unspecified atom stereocenters. The molecule has 0 saturated carbocycles. The summed E-state index contributed by atoms with van der Waals surface area (Å²) < 4.78 is 77.1. The first-order valence-electron chi connectivity index (χ1n) is 4.71. The van der Waals surface area contributed by atoms with Gasteiger partial charge in [-0.15, -0.1) is 0 Å². The molecule has 1 aromatic carbocycles. The second-order valence-electron chi connectivity index (χ2n) is 3.60. The van der Waals surface area contributed by atoms with Crippen LogP contribution in [0.2, 0.25) is 0 Å². The highest BCUT2D eigenvalue weighted by atomic mass is 19.4. The molecule has 1 rings (SSSR count). The van der Waals surface area contributed by atoms with Crippen molar-refractivity contribution in [2.24, 2.45) is 5.73 Å². The Morgan fingerprint density at radius 3 is 2.17 bits per heavy atom. The van der Waals surface area contributed by atoms with Gasteiger partial charge >= 0.3 is 6.18 Å². The van der Waals surface area contributed by atoms with E-state index in [1.54, 1.807) is 0 Å². The minimum absolute atomic E-state index is 0.450. The van der Waals surface area contributed by atoms with Gasteiger partial charge in [-0.25, -0.2) is 13.2 Å². The normalized spacial score (nSPS) is 14.7. The van der Waals surface area contributed by atoms with Gasteiger partial charge in [-0.1, -0.05) is 6.07 Å². The van der Waals surface area contributed by atoms with E-state index >= 15 is 0 Å². The Bertz CT molecular complexity index is 431. The number of alkyl halides is 5. The van der Waals surface area contributed by atoms with E-state index in [1.807, 2.05) is 0 Å². The molecule has 0 heterocycles. The van der Waals surface area contributed by atoms with Crippen LogP contribution in [-0.2, 0) is 6.18 Å². The van der Waals surface area contributed by atoms with Crippen LogP contribution in [0.25, 0.3) is 0 Å². The molecule has 0 bridgehead atoms. The number of rotatable bonds is 3. The maximum absolute atomic E-state index is 13.3. The summed E-state index contributed by atoms with van der Waals surface area (Å²) in [4.78, 5) is 0. The highest BCUT2D eigenvalue weighted by Gasteiger charge is 2.44. The lowest BCUT2D eigenvalue weighted by Crippen LogP contribution is -2.38. The van der Waals surface area contributed by atoms with E-state index in [-0.39, 0.29) is 0 Å². The lowest BCUT2D eigenvalue weighted by molar-refractivity contribution is -0.140. The van der Waals surface area contributed by atoms with Gasteiger partial charge in [0.05, 0.1) is 5.56 Å². The Morgan fingerprint density at radius 1 is 1.17 bits per heavy atom. The van der Waals surface area contributed by atoms with Gasteiger partial charge in [0.2, 0.25) is 0 Å². The molecule has 0 fully saturated rings. The predicted octanol–water partition coefficient (Wildman–Crippen LogP) is 2.47. The standard InChI is InChI=1S/C10H9F6NO/c11-6-3-1-2-5(10(14,15)16)7(6)8(17)9(12,13)4-18/h1-3,8,18H,4,17H2/t8-/m1/s1. The quantitative estimate of drug-likeness (QED) is 0.831. The number of halogens is 6. The third-order valence-corrected chi connectivity index (χ3v) is 2.34. The van der Waals surface area contributed by atoms with E-state index in [9.17, 15) is 26.3 Å². The van der Waals surface area contributed by atoms with Gasteiger partial charge in [0.25, 0.3) is 5.92 Å². The highest BCUT2D eigenvalue weighted by molar-refractivity contribution is 5.34. The zero-order chi connectivity index (χ0) is 14.1. The molecule has 1 atom stereocenters. The van der Waals surface area contributed by atoms with Crippen LogP contribution in [0.4, 0.5) is 26.3 Å². The van der Waals surface area contributed by atoms with Crippen molar-refractivity contribution in [2.75, 3.05) is 6.61 Å². The van der Waals surface area contributed by atoms with Crippen molar-refractivity contribution in [3.8, 4) is 0 Å². The summed E-state index contributed by atoms with van der Waals surface area (Å²) in [5, 5.41) is 8.38. The lowest BCUT2D eigenvalue weighted by atomic mass is 9.95. The van der Waals surface area contributed by atoms with E-state index in [0.717, 1.165) is 6.07 Å². The molecular formula is C10H9F6NO. The summed E-state index contributed by atoms with van der Waals surface area (Å²) in [5.41, 5.74) is 1.99. The average Bonchev–Trinajstić information content (AvgIpc) is 2.26. The van der Waals surface area contributed by atoms with Crippen LogP contribution in [0.5, 0.6) is 0 Å². The van der Waals surface area contributed by atoms with E-state index in [1.165, 1.54) is 0 Å². The molecule has 0 radical (unpaired) electrons. The second kappa shape index (κ2) is 4.77. The fourth-order valence-corrected chi connectivity index (χ4v) is 1.41. The van der Waals surface area contributed by atoms with Crippen LogP contribution in [0.3, 0.4) is 0 Å². The van der Waals surface area contributed by atoms with Crippen LogP contribution in [0.1, 0.15) is 17.2 Å². The van der Waals surface area contributed by atoms with E-state index in [0.29, 0.717) is 12.1 Å². The van der Waals surface area contributed by atoms with Gasteiger partial charge < -0.3 is 10.8 Å². The molecule has 0 amide bonds. The average molecular weight is 273 g/mol. The summed E-state index contributed by atoms with van der Waals surface area (Å²) in [6, 6.07) is -0.796. The van der Waals surface area contributed by atoms with E-state index in [4.69, 9.17) is 10.8 Å². The Labute approximate surface area is 98.0 Å². The van der Waals surface area contributed by atoms with Crippen LogP contribution in [0.15, 0.2) is 18.2 Å².